The maximum atomic E-state index is 13.1. The number of esters is 1. The monoisotopic (exact) mass is 405 g/mol. The number of carbonyl (C=O) groups excluding carboxylic acids is 3. The number of anilines is 1. The number of nitrogens with zero attached hydrogens (tertiary/aromatic N) is 1. The second-order valence-corrected chi connectivity index (χ2v) is 6.46. The number of hydrogen-bond acceptors (Lipinski definition) is 4. The summed E-state index contributed by atoms with van der Waals surface area (Å²) in [4.78, 5) is 38.5. The molecule has 30 heavy (non-hydrogen) atoms. The molecule has 0 saturated heterocycles. The zero-order chi connectivity index (χ0) is 21.5. The van der Waals surface area contributed by atoms with Gasteiger partial charge >= 0.3 is 5.97 Å². The smallest absolute Gasteiger partial charge is 0.338 e. The van der Waals surface area contributed by atoms with Crippen LogP contribution in [0, 0.1) is 5.82 Å². The third-order valence-electron chi connectivity index (χ3n) is 4.50. The van der Waals surface area contributed by atoms with Crippen LogP contribution in [0.2, 0.25) is 0 Å². The first-order chi connectivity index (χ1) is 14.5. The minimum absolute atomic E-state index is 0.149. The summed E-state index contributed by atoms with van der Waals surface area (Å²) in [5.74, 6) is -1.64. The fourth-order valence-electron chi connectivity index (χ4n) is 2.93. The minimum atomic E-state index is -0.669. The average molecular weight is 405 g/mol. The van der Waals surface area contributed by atoms with E-state index in [9.17, 15) is 18.8 Å². The van der Waals surface area contributed by atoms with Crippen molar-refractivity contribution >= 4 is 23.3 Å². The SMILES string of the molecule is CCN(C(=O)COC(=O)c1ccc(C(=O)c2ccccc2)cc1)c1ccc(F)cc1. The molecule has 3 aromatic carbocycles. The highest BCUT2D eigenvalue weighted by atomic mass is 19.1. The zero-order valence-electron chi connectivity index (χ0n) is 16.4. The molecule has 0 saturated carbocycles. The molecule has 0 bridgehead atoms. The average Bonchev–Trinajstić information content (AvgIpc) is 2.79. The van der Waals surface area contributed by atoms with E-state index < -0.39 is 24.3 Å². The Morgan fingerprint density at radius 1 is 0.800 bits per heavy atom. The number of hydrogen-bond donors (Lipinski definition) is 0. The van der Waals surface area contributed by atoms with Crippen LogP contribution < -0.4 is 4.90 Å². The summed E-state index contributed by atoms with van der Waals surface area (Å²) in [6.07, 6.45) is 0. The molecule has 0 aliphatic rings. The number of likely N-dealkylation sites (N-methyl/N-ethyl adjacent to an activating group) is 1. The maximum Gasteiger partial charge on any atom is 0.338 e. The summed E-state index contributed by atoms with van der Waals surface area (Å²) in [7, 11) is 0. The molecule has 0 aliphatic heterocycles. The second-order valence-electron chi connectivity index (χ2n) is 6.46. The van der Waals surface area contributed by atoms with Gasteiger partial charge in [0.15, 0.2) is 12.4 Å². The Morgan fingerprint density at radius 2 is 1.37 bits per heavy atom. The molecular formula is C24H20FNO4. The van der Waals surface area contributed by atoms with Crippen molar-refractivity contribution in [3.05, 3.63) is 101 Å². The van der Waals surface area contributed by atoms with E-state index in [1.807, 2.05) is 6.07 Å². The summed E-state index contributed by atoms with van der Waals surface area (Å²) in [5.41, 5.74) is 1.75. The van der Waals surface area contributed by atoms with Crippen molar-refractivity contribution in [3.63, 3.8) is 0 Å². The summed E-state index contributed by atoms with van der Waals surface area (Å²) in [5, 5.41) is 0. The number of carbonyl (C=O) groups is 3. The molecule has 0 spiro atoms. The van der Waals surface area contributed by atoms with E-state index >= 15 is 0 Å². The van der Waals surface area contributed by atoms with Gasteiger partial charge in [0, 0.05) is 23.4 Å². The number of halogens is 1. The Morgan fingerprint density at radius 3 is 1.97 bits per heavy atom. The molecule has 0 atom stereocenters. The van der Waals surface area contributed by atoms with Crippen LogP contribution in [-0.4, -0.2) is 30.8 Å². The van der Waals surface area contributed by atoms with Crippen molar-refractivity contribution in [3.8, 4) is 0 Å². The van der Waals surface area contributed by atoms with Crippen molar-refractivity contribution in [2.24, 2.45) is 0 Å². The Bertz CT molecular complexity index is 1030. The van der Waals surface area contributed by atoms with Gasteiger partial charge in [0.1, 0.15) is 5.82 Å². The summed E-state index contributed by atoms with van der Waals surface area (Å²) in [6, 6.07) is 20.4. The van der Waals surface area contributed by atoms with Gasteiger partial charge in [-0.1, -0.05) is 42.5 Å². The lowest BCUT2D eigenvalue weighted by atomic mass is 10.0. The molecular weight excluding hydrogens is 385 g/mol. The highest BCUT2D eigenvalue weighted by Gasteiger charge is 2.17. The van der Waals surface area contributed by atoms with Gasteiger partial charge in [-0.05, 0) is 43.3 Å². The van der Waals surface area contributed by atoms with E-state index in [4.69, 9.17) is 4.74 Å². The van der Waals surface area contributed by atoms with Crippen LogP contribution in [0.25, 0.3) is 0 Å². The lowest BCUT2D eigenvalue weighted by Crippen LogP contribution is -2.34. The predicted octanol–water partition coefficient (Wildman–Crippen LogP) is 4.27. The molecule has 0 fully saturated rings. The molecule has 3 aromatic rings. The first-order valence-electron chi connectivity index (χ1n) is 9.42. The molecule has 6 heteroatoms. The Kier molecular flexibility index (Phi) is 6.70. The number of benzene rings is 3. The lowest BCUT2D eigenvalue weighted by Gasteiger charge is -2.20. The van der Waals surface area contributed by atoms with Crippen LogP contribution in [0.5, 0.6) is 0 Å². The molecule has 5 nitrogen and oxygen atoms in total. The molecule has 0 aliphatic carbocycles. The van der Waals surface area contributed by atoms with Crippen molar-refractivity contribution < 1.29 is 23.5 Å². The van der Waals surface area contributed by atoms with Crippen LogP contribution in [0.1, 0.15) is 33.2 Å². The summed E-state index contributed by atoms with van der Waals surface area (Å²) in [6.45, 7) is 1.67. The fraction of sp³-hybridized carbons (Fsp3) is 0.125. The van der Waals surface area contributed by atoms with Gasteiger partial charge in [0.25, 0.3) is 5.91 Å². The van der Waals surface area contributed by atoms with E-state index in [1.54, 1.807) is 43.3 Å². The van der Waals surface area contributed by atoms with Crippen molar-refractivity contribution in [2.45, 2.75) is 6.92 Å². The normalized spacial score (nSPS) is 10.3. The van der Waals surface area contributed by atoms with Gasteiger partial charge in [-0.25, -0.2) is 9.18 Å². The standard InChI is InChI=1S/C24H20FNO4/c1-2-26(21-14-12-20(25)13-15-21)22(27)16-30-24(29)19-10-8-18(9-11-19)23(28)17-6-4-3-5-7-17/h3-15H,2,16H2,1H3. The molecule has 1 amide bonds. The van der Waals surface area contributed by atoms with E-state index in [-0.39, 0.29) is 11.3 Å². The van der Waals surface area contributed by atoms with Gasteiger partial charge in [-0.2, -0.15) is 0 Å². The van der Waals surface area contributed by atoms with Crippen molar-refractivity contribution in [1.29, 1.82) is 0 Å². The lowest BCUT2D eigenvalue weighted by molar-refractivity contribution is -0.121. The number of rotatable bonds is 7. The Labute approximate surface area is 173 Å². The van der Waals surface area contributed by atoms with Crippen molar-refractivity contribution in [1.82, 2.24) is 0 Å². The van der Waals surface area contributed by atoms with Crippen LogP contribution in [0.3, 0.4) is 0 Å². The molecule has 0 heterocycles. The quantitative estimate of drug-likeness (QED) is 0.435. The van der Waals surface area contributed by atoms with Crippen LogP contribution in [0.15, 0.2) is 78.9 Å². The number of amides is 1. The van der Waals surface area contributed by atoms with Gasteiger partial charge in [-0.3, -0.25) is 9.59 Å². The van der Waals surface area contributed by atoms with Crippen LogP contribution >= 0.6 is 0 Å². The Balaban J connectivity index is 1.61. The molecule has 0 aromatic heterocycles. The third-order valence-corrected chi connectivity index (χ3v) is 4.50. The third kappa shape index (κ3) is 4.97. The van der Waals surface area contributed by atoms with E-state index in [2.05, 4.69) is 0 Å². The highest BCUT2D eigenvalue weighted by molar-refractivity contribution is 6.09. The molecule has 0 unspecified atom stereocenters. The maximum absolute atomic E-state index is 13.1. The van der Waals surface area contributed by atoms with Gasteiger partial charge in [0.05, 0.1) is 5.56 Å². The minimum Gasteiger partial charge on any atom is -0.452 e. The molecule has 0 radical (unpaired) electrons. The van der Waals surface area contributed by atoms with Crippen LogP contribution in [-0.2, 0) is 9.53 Å². The van der Waals surface area contributed by atoms with Gasteiger partial charge < -0.3 is 9.64 Å². The predicted molar refractivity (Wildman–Crippen MR) is 111 cm³/mol. The van der Waals surface area contributed by atoms with Gasteiger partial charge in [-0.15, -0.1) is 0 Å². The van der Waals surface area contributed by atoms with Gasteiger partial charge in [0.2, 0.25) is 0 Å². The molecule has 3 rings (SSSR count). The van der Waals surface area contributed by atoms with Crippen molar-refractivity contribution in [2.75, 3.05) is 18.1 Å². The largest absolute Gasteiger partial charge is 0.452 e. The second kappa shape index (κ2) is 9.60. The highest BCUT2D eigenvalue weighted by Crippen LogP contribution is 2.16. The van der Waals surface area contributed by atoms with Crippen LogP contribution in [0.4, 0.5) is 10.1 Å². The first-order valence-corrected chi connectivity index (χ1v) is 9.42. The number of ether oxygens (including phenoxy) is 1. The fourth-order valence-corrected chi connectivity index (χ4v) is 2.93. The number of ketones is 1. The van der Waals surface area contributed by atoms with E-state index in [0.717, 1.165) is 0 Å². The van der Waals surface area contributed by atoms with E-state index in [0.29, 0.717) is 23.4 Å². The zero-order valence-corrected chi connectivity index (χ0v) is 16.4. The first kappa shape index (κ1) is 20.9. The summed E-state index contributed by atoms with van der Waals surface area (Å²) < 4.78 is 18.2. The summed E-state index contributed by atoms with van der Waals surface area (Å²) >= 11 is 0. The topological polar surface area (TPSA) is 63.7 Å². The van der Waals surface area contributed by atoms with E-state index in [1.165, 1.54) is 41.3 Å². The molecule has 152 valence electrons. The molecule has 0 N–H and O–H groups in total. The Hall–Kier alpha value is -3.80.